The van der Waals surface area contributed by atoms with Crippen LogP contribution in [0.1, 0.15) is 24.2 Å². The van der Waals surface area contributed by atoms with Crippen molar-refractivity contribution in [3.8, 4) is 23.6 Å². The second-order valence-corrected chi connectivity index (χ2v) is 4.39. The Hall–Kier alpha value is -3.12. The van der Waals surface area contributed by atoms with Gasteiger partial charge in [0.1, 0.15) is 35.0 Å². The smallest absolute Gasteiger partial charge is 0.140 e. The van der Waals surface area contributed by atoms with Crippen molar-refractivity contribution in [2.45, 2.75) is 12.8 Å². The topological polar surface area (TPSA) is 91.8 Å². The fraction of sp³-hybridized carbons (Fsp3) is 0.250. The SMILES string of the molecule is N#Cc1ccc(OCCCCOc2ccc(C#N)nc2)cn1. The van der Waals surface area contributed by atoms with Crippen molar-refractivity contribution in [2.24, 2.45) is 0 Å². The largest absolute Gasteiger partial charge is 0.492 e. The maximum Gasteiger partial charge on any atom is 0.140 e. The summed E-state index contributed by atoms with van der Waals surface area (Å²) in [5, 5.41) is 17.3. The first kappa shape index (κ1) is 15.3. The zero-order valence-corrected chi connectivity index (χ0v) is 11.9. The Morgan fingerprint density at radius 3 is 1.55 bits per heavy atom. The summed E-state index contributed by atoms with van der Waals surface area (Å²) < 4.78 is 11.0. The molecule has 6 nitrogen and oxygen atoms in total. The van der Waals surface area contributed by atoms with Crippen molar-refractivity contribution in [2.75, 3.05) is 13.2 Å². The summed E-state index contributed by atoms with van der Waals surface area (Å²) in [5.41, 5.74) is 0.744. The third kappa shape index (κ3) is 4.77. The maximum atomic E-state index is 8.64. The number of pyridine rings is 2. The highest BCUT2D eigenvalue weighted by molar-refractivity contribution is 5.27. The minimum atomic E-state index is 0.372. The molecule has 0 aliphatic carbocycles. The van der Waals surface area contributed by atoms with E-state index in [0.717, 1.165) is 12.8 Å². The molecule has 2 rings (SSSR count). The highest BCUT2D eigenvalue weighted by atomic mass is 16.5. The van der Waals surface area contributed by atoms with Crippen molar-refractivity contribution in [3.63, 3.8) is 0 Å². The van der Waals surface area contributed by atoms with Crippen LogP contribution < -0.4 is 9.47 Å². The van der Waals surface area contributed by atoms with Crippen LogP contribution in [0.25, 0.3) is 0 Å². The molecular weight excluding hydrogens is 280 g/mol. The van der Waals surface area contributed by atoms with Crippen molar-refractivity contribution < 1.29 is 9.47 Å². The fourth-order valence-electron chi connectivity index (χ4n) is 1.65. The van der Waals surface area contributed by atoms with Crippen molar-refractivity contribution in [3.05, 3.63) is 48.0 Å². The molecule has 0 bridgehead atoms. The maximum absolute atomic E-state index is 8.64. The van der Waals surface area contributed by atoms with Crippen LogP contribution in [0.5, 0.6) is 11.5 Å². The number of aromatic nitrogens is 2. The predicted octanol–water partition coefficient (Wildman–Crippen LogP) is 2.46. The van der Waals surface area contributed by atoms with Gasteiger partial charge in [0.2, 0.25) is 0 Å². The van der Waals surface area contributed by atoms with Crippen LogP contribution in [0.4, 0.5) is 0 Å². The summed E-state index contributed by atoms with van der Waals surface area (Å²) >= 11 is 0. The van der Waals surface area contributed by atoms with Gasteiger partial charge in [-0.2, -0.15) is 10.5 Å². The van der Waals surface area contributed by atoms with Crippen LogP contribution in [0.15, 0.2) is 36.7 Å². The van der Waals surface area contributed by atoms with Crippen molar-refractivity contribution >= 4 is 0 Å². The van der Waals surface area contributed by atoms with Gasteiger partial charge in [-0.25, -0.2) is 9.97 Å². The van der Waals surface area contributed by atoms with E-state index in [4.69, 9.17) is 20.0 Å². The molecule has 0 radical (unpaired) electrons. The molecule has 0 amide bonds. The quantitative estimate of drug-likeness (QED) is 0.728. The van der Waals surface area contributed by atoms with E-state index in [9.17, 15) is 0 Å². The number of ether oxygens (including phenoxy) is 2. The van der Waals surface area contributed by atoms with Gasteiger partial charge in [-0.3, -0.25) is 0 Å². The van der Waals surface area contributed by atoms with Gasteiger partial charge in [0.15, 0.2) is 0 Å². The average Bonchev–Trinajstić information content (AvgIpc) is 2.59. The number of hydrogen-bond acceptors (Lipinski definition) is 6. The molecule has 0 aliphatic rings. The highest BCUT2D eigenvalue weighted by Gasteiger charge is 1.98. The van der Waals surface area contributed by atoms with Gasteiger partial charge in [-0.15, -0.1) is 0 Å². The molecule has 0 unspecified atom stereocenters. The zero-order chi connectivity index (χ0) is 15.6. The summed E-state index contributed by atoms with van der Waals surface area (Å²) in [7, 11) is 0. The van der Waals surface area contributed by atoms with Gasteiger partial charge in [0.25, 0.3) is 0 Å². The van der Waals surface area contributed by atoms with E-state index >= 15 is 0 Å². The van der Waals surface area contributed by atoms with Crippen LogP contribution in [-0.4, -0.2) is 23.2 Å². The third-order valence-electron chi connectivity index (χ3n) is 2.78. The van der Waals surface area contributed by atoms with Crippen LogP contribution in [0.3, 0.4) is 0 Å². The second kappa shape index (κ2) is 8.23. The minimum Gasteiger partial charge on any atom is -0.492 e. The number of nitriles is 2. The first-order valence-corrected chi connectivity index (χ1v) is 6.80. The monoisotopic (exact) mass is 294 g/mol. The lowest BCUT2D eigenvalue weighted by atomic mass is 10.3. The Labute approximate surface area is 128 Å². The molecule has 2 aromatic rings. The summed E-state index contributed by atoms with van der Waals surface area (Å²) in [6, 6.07) is 10.6. The lowest BCUT2D eigenvalue weighted by molar-refractivity contribution is 0.265. The standard InChI is InChI=1S/C16H14N4O2/c17-9-13-3-5-15(11-19-13)21-7-1-2-8-22-16-6-4-14(10-18)20-12-16/h3-6,11-12H,1-2,7-8H2. The molecule has 110 valence electrons. The van der Waals surface area contributed by atoms with E-state index < -0.39 is 0 Å². The van der Waals surface area contributed by atoms with Crippen LogP contribution in [0.2, 0.25) is 0 Å². The number of hydrogen-bond donors (Lipinski definition) is 0. The molecule has 0 saturated carbocycles. The zero-order valence-electron chi connectivity index (χ0n) is 11.9. The van der Waals surface area contributed by atoms with Gasteiger partial charge < -0.3 is 9.47 Å². The first-order valence-electron chi connectivity index (χ1n) is 6.80. The molecule has 0 spiro atoms. The van der Waals surface area contributed by atoms with Gasteiger partial charge in [-0.05, 0) is 37.1 Å². The van der Waals surface area contributed by atoms with E-state index in [1.165, 1.54) is 12.4 Å². The predicted molar refractivity (Wildman–Crippen MR) is 78.1 cm³/mol. The fourth-order valence-corrected chi connectivity index (χ4v) is 1.65. The van der Waals surface area contributed by atoms with E-state index in [1.807, 2.05) is 12.1 Å². The van der Waals surface area contributed by atoms with E-state index in [0.29, 0.717) is 36.1 Å². The van der Waals surface area contributed by atoms with Crippen LogP contribution >= 0.6 is 0 Å². The van der Waals surface area contributed by atoms with E-state index in [2.05, 4.69) is 9.97 Å². The van der Waals surface area contributed by atoms with Gasteiger partial charge in [0.05, 0.1) is 25.6 Å². The van der Waals surface area contributed by atoms with E-state index in [-0.39, 0.29) is 0 Å². The summed E-state index contributed by atoms with van der Waals surface area (Å²) in [5.74, 6) is 1.30. The van der Waals surface area contributed by atoms with E-state index in [1.54, 1.807) is 24.3 Å². The molecule has 0 saturated heterocycles. The Morgan fingerprint density at radius 1 is 0.773 bits per heavy atom. The molecule has 0 N–H and O–H groups in total. The molecule has 0 aromatic carbocycles. The molecule has 2 heterocycles. The van der Waals surface area contributed by atoms with Crippen molar-refractivity contribution in [1.82, 2.24) is 9.97 Å². The van der Waals surface area contributed by atoms with Crippen LogP contribution in [-0.2, 0) is 0 Å². The third-order valence-corrected chi connectivity index (χ3v) is 2.78. The Bertz CT molecular complexity index is 608. The number of nitrogens with zero attached hydrogens (tertiary/aromatic N) is 4. The average molecular weight is 294 g/mol. The lowest BCUT2D eigenvalue weighted by Crippen LogP contribution is -2.03. The summed E-state index contributed by atoms with van der Waals surface area (Å²) in [6.45, 7) is 1.12. The molecular formula is C16H14N4O2. The summed E-state index contributed by atoms with van der Waals surface area (Å²) in [6.07, 6.45) is 4.75. The number of unbranched alkanes of at least 4 members (excludes halogenated alkanes) is 1. The molecule has 0 aliphatic heterocycles. The van der Waals surface area contributed by atoms with Crippen LogP contribution in [0, 0.1) is 22.7 Å². The Morgan fingerprint density at radius 2 is 1.23 bits per heavy atom. The summed E-state index contributed by atoms with van der Waals surface area (Å²) in [4.78, 5) is 7.85. The lowest BCUT2D eigenvalue weighted by Gasteiger charge is -2.07. The first-order chi connectivity index (χ1) is 10.8. The Balaban J connectivity index is 1.60. The normalized spacial score (nSPS) is 9.55. The molecule has 0 fully saturated rings. The minimum absolute atomic E-state index is 0.372. The molecule has 6 heteroatoms. The molecule has 2 aromatic heterocycles. The Kier molecular flexibility index (Phi) is 5.71. The number of rotatable bonds is 7. The molecule has 0 atom stereocenters. The van der Waals surface area contributed by atoms with Gasteiger partial charge in [-0.1, -0.05) is 0 Å². The van der Waals surface area contributed by atoms with Gasteiger partial charge in [0, 0.05) is 0 Å². The van der Waals surface area contributed by atoms with Crippen molar-refractivity contribution in [1.29, 1.82) is 10.5 Å². The van der Waals surface area contributed by atoms with Gasteiger partial charge >= 0.3 is 0 Å². The highest BCUT2D eigenvalue weighted by Crippen LogP contribution is 2.11. The molecule has 22 heavy (non-hydrogen) atoms. The second-order valence-electron chi connectivity index (χ2n) is 4.39.